The van der Waals surface area contributed by atoms with E-state index in [0.29, 0.717) is 42.4 Å². The van der Waals surface area contributed by atoms with Crippen molar-refractivity contribution in [3.05, 3.63) is 23.9 Å². The van der Waals surface area contributed by atoms with Gasteiger partial charge in [-0.05, 0) is 81.8 Å². The van der Waals surface area contributed by atoms with Crippen LogP contribution in [0.4, 0.5) is 5.82 Å². The monoisotopic (exact) mass is 438 g/mol. The molecule has 7 nitrogen and oxygen atoms in total. The van der Waals surface area contributed by atoms with Crippen molar-refractivity contribution < 1.29 is 14.7 Å². The lowest BCUT2D eigenvalue weighted by atomic mass is 9.52. The summed E-state index contributed by atoms with van der Waals surface area (Å²) in [6.07, 6.45) is 6.91. The standard InChI is InChI=1S/C25H34N4O3/c1-15-14-28(24(31)17-5-6-17)7-8-29(15)21-4-2-3-20(26-21)23(30)27-22-18-9-16-10-19(22)13-25(32,11-16)12-18/h2-4,15-19,22,32H,5-14H2,1H3,(H,27,30). The Balaban J connectivity index is 1.13. The number of pyridine rings is 1. The summed E-state index contributed by atoms with van der Waals surface area (Å²) in [6.45, 7) is 4.29. The molecule has 0 aromatic carbocycles. The quantitative estimate of drug-likeness (QED) is 0.753. The highest BCUT2D eigenvalue weighted by Gasteiger charge is 2.55. The minimum absolute atomic E-state index is 0.105. The molecule has 1 aromatic rings. The highest BCUT2D eigenvalue weighted by Crippen LogP contribution is 2.55. The van der Waals surface area contributed by atoms with Gasteiger partial charge < -0.3 is 20.2 Å². The van der Waals surface area contributed by atoms with Crippen LogP contribution in [0.3, 0.4) is 0 Å². The van der Waals surface area contributed by atoms with Crippen molar-refractivity contribution in [2.24, 2.45) is 23.7 Å². The lowest BCUT2D eigenvalue weighted by molar-refractivity contribution is -0.137. The van der Waals surface area contributed by atoms with Crippen LogP contribution in [0.25, 0.3) is 0 Å². The van der Waals surface area contributed by atoms with Gasteiger partial charge in [-0.15, -0.1) is 0 Å². The number of nitrogens with one attached hydrogen (secondary N) is 1. The molecule has 172 valence electrons. The molecule has 0 spiro atoms. The molecule has 7 heteroatoms. The smallest absolute Gasteiger partial charge is 0.270 e. The van der Waals surface area contributed by atoms with Gasteiger partial charge in [-0.25, -0.2) is 4.98 Å². The second-order valence-electron chi connectivity index (χ2n) is 11.2. The minimum Gasteiger partial charge on any atom is -0.390 e. The minimum atomic E-state index is -0.491. The fraction of sp³-hybridized carbons (Fsp3) is 0.720. The van der Waals surface area contributed by atoms with Crippen LogP contribution in [0.2, 0.25) is 0 Å². The van der Waals surface area contributed by atoms with Gasteiger partial charge in [0.25, 0.3) is 5.91 Å². The van der Waals surface area contributed by atoms with Crippen molar-refractivity contribution >= 4 is 17.6 Å². The lowest BCUT2D eigenvalue weighted by Crippen LogP contribution is -2.61. The number of anilines is 1. The molecule has 1 saturated heterocycles. The first kappa shape index (κ1) is 20.5. The van der Waals surface area contributed by atoms with E-state index in [4.69, 9.17) is 4.98 Å². The van der Waals surface area contributed by atoms with E-state index in [1.165, 1.54) is 0 Å². The molecule has 1 aliphatic heterocycles. The molecule has 6 fully saturated rings. The van der Waals surface area contributed by atoms with Gasteiger partial charge in [0.1, 0.15) is 11.5 Å². The number of rotatable bonds is 4. The van der Waals surface area contributed by atoms with E-state index in [-0.39, 0.29) is 23.9 Å². The Morgan fingerprint density at radius 1 is 1.12 bits per heavy atom. The Labute approximate surface area is 189 Å². The third kappa shape index (κ3) is 3.58. The first-order valence-corrected chi connectivity index (χ1v) is 12.4. The Morgan fingerprint density at radius 2 is 1.88 bits per heavy atom. The summed E-state index contributed by atoms with van der Waals surface area (Å²) >= 11 is 0. The van der Waals surface area contributed by atoms with Crippen molar-refractivity contribution in [2.45, 2.75) is 69.6 Å². The van der Waals surface area contributed by atoms with Crippen molar-refractivity contribution in [3.63, 3.8) is 0 Å². The molecule has 3 unspecified atom stereocenters. The summed E-state index contributed by atoms with van der Waals surface area (Å²) in [5.41, 5.74) is -0.0339. The van der Waals surface area contributed by atoms with Crippen LogP contribution in [0.15, 0.2) is 18.2 Å². The molecule has 4 bridgehead atoms. The van der Waals surface area contributed by atoms with E-state index in [0.717, 1.165) is 57.3 Å². The Hall–Kier alpha value is -2.15. The molecule has 7 rings (SSSR count). The maximum Gasteiger partial charge on any atom is 0.270 e. The van der Waals surface area contributed by atoms with Crippen molar-refractivity contribution in [2.75, 3.05) is 24.5 Å². The van der Waals surface area contributed by atoms with Crippen molar-refractivity contribution in [3.8, 4) is 0 Å². The third-order valence-electron chi connectivity index (χ3n) is 8.67. The first-order valence-electron chi connectivity index (χ1n) is 12.4. The second kappa shape index (κ2) is 7.44. The number of piperazine rings is 1. The number of aromatic nitrogens is 1. The predicted molar refractivity (Wildman–Crippen MR) is 120 cm³/mol. The fourth-order valence-corrected chi connectivity index (χ4v) is 7.24. The molecule has 5 saturated carbocycles. The molecule has 1 aromatic heterocycles. The average molecular weight is 439 g/mol. The van der Waals surface area contributed by atoms with Gasteiger partial charge >= 0.3 is 0 Å². The van der Waals surface area contributed by atoms with Gasteiger partial charge in [0.15, 0.2) is 0 Å². The number of nitrogens with zero attached hydrogens (tertiary/aromatic N) is 3. The van der Waals surface area contributed by atoms with Gasteiger partial charge in [0.2, 0.25) is 5.91 Å². The average Bonchev–Trinajstić information content (AvgIpc) is 3.60. The topological polar surface area (TPSA) is 85.8 Å². The van der Waals surface area contributed by atoms with Crippen LogP contribution in [-0.4, -0.2) is 64.1 Å². The Bertz CT molecular complexity index is 916. The van der Waals surface area contributed by atoms with Crippen LogP contribution >= 0.6 is 0 Å². The third-order valence-corrected chi connectivity index (χ3v) is 8.67. The maximum atomic E-state index is 13.1. The van der Waals surface area contributed by atoms with E-state index in [1.54, 1.807) is 6.07 Å². The van der Waals surface area contributed by atoms with Crippen molar-refractivity contribution in [1.29, 1.82) is 0 Å². The largest absolute Gasteiger partial charge is 0.390 e. The summed E-state index contributed by atoms with van der Waals surface area (Å²) in [7, 11) is 0. The summed E-state index contributed by atoms with van der Waals surface area (Å²) < 4.78 is 0. The molecule has 5 aliphatic carbocycles. The fourth-order valence-electron chi connectivity index (χ4n) is 7.24. The van der Waals surface area contributed by atoms with Gasteiger partial charge in [0.05, 0.1) is 5.60 Å². The molecule has 2 heterocycles. The van der Waals surface area contributed by atoms with Crippen LogP contribution in [0, 0.1) is 23.7 Å². The number of carbonyl (C=O) groups excluding carboxylic acids is 2. The number of aliphatic hydroxyl groups is 1. The second-order valence-corrected chi connectivity index (χ2v) is 11.2. The van der Waals surface area contributed by atoms with Crippen LogP contribution < -0.4 is 10.2 Å². The normalized spacial score (nSPS) is 38.1. The summed E-state index contributed by atoms with van der Waals surface area (Å²) in [4.78, 5) is 34.5. The molecule has 0 radical (unpaired) electrons. The molecular weight excluding hydrogens is 404 g/mol. The van der Waals surface area contributed by atoms with Gasteiger partial charge in [-0.3, -0.25) is 9.59 Å². The maximum absolute atomic E-state index is 13.1. The van der Waals surface area contributed by atoms with E-state index >= 15 is 0 Å². The van der Waals surface area contributed by atoms with Gasteiger partial charge in [0, 0.05) is 37.6 Å². The van der Waals surface area contributed by atoms with E-state index in [1.807, 2.05) is 17.0 Å². The number of hydrogen-bond acceptors (Lipinski definition) is 5. The molecule has 2 N–H and O–H groups in total. The highest BCUT2D eigenvalue weighted by atomic mass is 16.3. The van der Waals surface area contributed by atoms with Crippen LogP contribution in [-0.2, 0) is 4.79 Å². The molecule has 6 aliphatic rings. The SMILES string of the molecule is CC1CN(C(=O)C2CC2)CCN1c1cccc(C(=O)NC2C3CC4CC2CC(O)(C4)C3)n1. The van der Waals surface area contributed by atoms with Gasteiger partial charge in [-0.2, -0.15) is 0 Å². The molecular formula is C25H34N4O3. The molecule has 3 atom stereocenters. The summed E-state index contributed by atoms with van der Waals surface area (Å²) in [5.74, 6) is 2.65. The number of hydrogen-bond donors (Lipinski definition) is 2. The zero-order valence-electron chi connectivity index (χ0n) is 18.9. The van der Waals surface area contributed by atoms with E-state index < -0.39 is 5.60 Å². The van der Waals surface area contributed by atoms with Crippen LogP contribution in [0.5, 0.6) is 0 Å². The first-order chi connectivity index (χ1) is 15.4. The van der Waals surface area contributed by atoms with Crippen molar-refractivity contribution in [1.82, 2.24) is 15.2 Å². The highest BCUT2D eigenvalue weighted by molar-refractivity contribution is 5.93. The summed E-state index contributed by atoms with van der Waals surface area (Å²) in [5, 5.41) is 14.1. The van der Waals surface area contributed by atoms with E-state index in [9.17, 15) is 14.7 Å². The van der Waals surface area contributed by atoms with Crippen LogP contribution in [0.1, 0.15) is 62.4 Å². The molecule has 32 heavy (non-hydrogen) atoms. The predicted octanol–water partition coefficient (Wildman–Crippen LogP) is 2.20. The Kier molecular flexibility index (Phi) is 4.75. The summed E-state index contributed by atoms with van der Waals surface area (Å²) in [6, 6.07) is 5.98. The zero-order chi connectivity index (χ0) is 22.0. The van der Waals surface area contributed by atoms with E-state index in [2.05, 4.69) is 17.1 Å². The Morgan fingerprint density at radius 3 is 2.53 bits per heavy atom. The molecule has 2 amide bonds. The zero-order valence-corrected chi connectivity index (χ0v) is 18.9. The number of amides is 2. The lowest BCUT2D eigenvalue weighted by Gasteiger charge is -2.58. The van der Waals surface area contributed by atoms with Gasteiger partial charge in [-0.1, -0.05) is 6.07 Å². The number of carbonyl (C=O) groups is 2.